The van der Waals surface area contributed by atoms with Crippen molar-refractivity contribution in [2.24, 2.45) is 0 Å². The summed E-state index contributed by atoms with van der Waals surface area (Å²) in [5.41, 5.74) is 3.23. The van der Waals surface area contributed by atoms with Crippen molar-refractivity contribution in [3.63, 3.8) is 0 Å². The van der Waals surface area contributed by atoms with Crippen LogP contribution in [-0.2, 0) is 32.2 Å². The minimum atomic E-state index is -0.577. The third kappa shape index (κ3) is 5.13. The molecule has 2 aliphatic rings. The Labute approximate surface area is 180 Å². The third-order valence-electron chi connectivity index (χ3n) is 5.40. The van der Waals surface area contributed by atoms with E-state index in [1.807, 2.05) is 42.5 Å². The first kappa shape index (κ1) is 21.1. The fraction of sp³-hybridized carbons (Fsp3) is 0.333. The van der Waals surface area contributed by atoms with Crippen LogP contribution in [-0.4, -0.2) is 48.4 Å². The van der Waals surface area contributed by atoms with E-state index in [0.29, 0.717) is 24.4 Å². The van der Waals surface area contributed by atoms with Crippen LogP contribution in [0.3, 0.4) is 0 Å². The van der Waals surface area contributed by atoms with E-state index < -0.39 is 6.29 Å². The molecule has 4 rings (SSSR count). The molecule has 0 aliphatic carbocycles. The summed E-state index contributed by atoms with van der Waals surface area (Å²) in [7, 11) is 1.35. The van der Waals surface area contributed by atoms with E-state index in [9.17, 15) is 14.7 Å². The Hall–Kier alpha value is -3.16. The molecule has 0 spiro atoms. The maximum Gasteiger partial charge on any atom is 0.337 e. The number of methoxy groups -OCH3 is 1. The molecule has 162 valence electrons. The average molecular weight is 423 g/mol. The van der Waals surface area contributed by atoms with Crippen LogP contribution in [0.4, 0.5) is 0 Å². The third-order valence-corrected chi connectivity index (χ3v) is 5.40. The summed E-state index contributed by atoms with van der Waals surface area (Å²) in [5.74, 6) is -0.302. The van der Waals surface area contributed by atoms with Gasteiger partial charge >= 0.3 is 5.97 Å². The summed E-state index contributed by atoms with van der Waals surface area (Å²) in [4.78, 5) is 26.0. The molecular weight excluding hydrogens is 398 g/mol. The number of benzene rings is 2. The number of allylic oxidation sites excluding steroid dienone is 1. The van der Waals surface area contributed by atoms with Crippen molar-refractivity contribution >= 4 is 11.9 Å². The molecule has 2 aliphatic heterocycles. The highest BCUT2D eigenvalue weighted by Gasteiger charge is 2.34. The lowest BCUT2D eigenvalue weighted by Crippen LogP contribution is -2.29. The van der Waals surface area contributed by atoms with Gasteiger partial charge in [0.1, 0.15) is 0 Å². The lowest BCUT2D eigenvalue weighted by atomic mass is 9.92. The quantitative estimate of drug-likeness (QED) is 0.545. The number of amides is 1. The average Bonchev–Trinajstić information content (AvgIpc) is 3.67. The van der Waals surface area contributed by atoms with Gasteiger partial charge in [0.2, 0.25) is 6.29 Å². The van der Waals surface area contributed by atoms with Crippen LogP contribution < -0.4 is 0 Å². The Morgan fingerprint density at radius 1 is 1.06 bits per heavy atom. The molecule has 1 N–H and O–H groups in total. The van der Waals surface area contributed by atoms with Crippen LogP contribution in [0.5, 0.6) is 0 Å². The summed E-state index contributed by atoms with van der Waals surface area (Å²) in [5, 5.41) is 9.17. The van der Waals surface area contributed by atoms with Crippen LogP contribution in [0.15, 0.2) is 60.4 Å². The number of ether oxygens (including phenoxy) is 3. The first-order valence-corrected chi connectivity index (χ1v) is 10.2. The summed E-state index contributed by atoms with van der Waals surface area (Å²) in [6.45, 7) is 1.80. The van der Waals surface area contributed by atoms with Gasteiger partial charge in [-0.25, -0.2) is 4.79 Å². The fourth-order valence-corrected chi connectivity index (χ4v) is 3.47. The Kier molecular flexibility index (Phi) is 6.34. The van der Waals surface area contributed by atoms with Gasteiger partial charge in [-0.1, -0.05) is 36.4 Å². The fourth-order valence-electron chi connectivity index (χ4n) is 3.47. The molecule has 2 heterocycles. The topological polar surface area (TPSA) is 85.1 Å². The molecule has 1 fully saturated rings. The number of esters is 1. The van der Waals surface area contributed by atoms with Crippen LogP contribution in [0, 0.1) is 0 Å². The summed E-state index contributed by atoms with van der Waals surface area (Å²) in [6, 6.07) is 14.7. The van der Waals surface area contributed by atoms with Crippen molar-refractivity contribution in [1.29, 1.82) is 0 Å². The van der Waals surface area contributed by atoms with E-state index in [2.05, 4.69) is 0 Å². The van der Waals surface area contributed by atoms with Gasteiger partial charge in [0.05, 0.1) is 25.9 Å². The number of carbonyl (C=O) groups excluding carboxylic acids is 2. The van der Waals surface area contributed by atoms with E-state index in [0.717, 1.165) is 29.8 Å². The number of hydrogen-bond donors (Lipinski definition) is 1. The highest BCUT2D eigenvalue weighted by atomic mass is 16.7. The molecule has 0 saturated carbocycles. The molecule has 0 unspecified atom stereocenters. The minimum Gasteiger partial charge on any atom is -0.465 e. The van der Waals surface area contributed by atoms with E-state index in [1.54, 1.807) is 17.0 Å². The summed E-state index contributed by atoms with van der Waals surface area (Å²) < 4.78 is 16.6. The van der Waals surface area contributed by atoms with Crippen LogP contribution in [0.2, 0.25) is 0 Å². The van der Waals surface area contributed by atoms with Gasteiger partial charge in [-0.05, 0) is 34.9 Å². The highest BCUT2D eigenvalue weighted by molar-refractivity contribution is 5.93. The normalized spacial score (nSPS) is 19.9. The monoisotopic (exact) mass is 423 g/mol. The maximum atomic E-state index is 12.6. The van der Waals surface area contributed by atoms with E-state index in [-0.39, 0.29) is 24.4 Å². The van der Waals surface area contributed by atoms with Crippen LogP contribution in [0.1, 0.15) is 39.4 Å². The molecule has 1 saturated heterocycles. The number of carbonyl (C=O) groups is 2. The van der Waals surface area contributed by atoms with Crippen molar-refractivity contribution in [2.45, 2.75) is 31.8 Å². The van der Waals surface area contributed by atoms with Crippen LogP contribution in [0.25, 0.3) is 0 Å². The molecule has 2 atom stereocenters. The lowest BCUT2D eigenvalue weighted by Gasteiger charge is -2.29. The van der Waals surface area contributed by atoms with Crippen molar-refractivity contribution in [1.82, 2.24) is 4.90 Å². The van der Waals surface area contributed by atoms with Gasteiger partial charge in [-0.2, -0.15) is 0 Å². The van der Waals surface area contributed by atoms with Crippen molar-refractivity contribution in [3.8, 4) is 0 Å². The van der Waals surface area contributed by atoms with Crippen molar-refractivity contribution in [2.75, 3.05) is 20.2 Å². The molecule has 2 aromatic rings. The second-order valence-corrected chi connectivity index (χ2v) is 7.61. The van der Waals surface area contributed by atoms with Crippen molar-refractivity contribution < 1.29 is 28.9 Å². The number of hydrogen-bond acceptors (Lipinski definition) is 6. The maximum absolute atomic E-state index is 12.6. The van der Waals surface area contributed by atoms with Gasteiger partial charge in [-0.3, -0.25) is 4.79 Å². The summed E-state index contributed by atoms with van der Waals surface area (Å²) >= 11 is 0. The lowest BCUT2D eigenvalue weighted by molar-refractivity contribution is -0.152. The molecule has 2 aromatic carbocycles. The molecule has 31 heavy (non-hydrogen) atoms. The predicted molar refractivity (Wildman–Crippen MR) is 112 cm³/mol. The Balaban J connectivity index is 1.49. The van der Waals surface area contributed by atoms with Gasteiger partial charge in [0.25, 0.3) is 5.91 Å². The van der Waals surface area contributed by atoms with Crippen LogP contribution >= 0.6 is 0 Å². The molecule has 7 nitrogen and oxygen atoms in total. The standard InChI is InChI=1S/C24H25NO6/c1-29-24(28)19-8-6-18(7-9-19)20-12-21(23(27)25-10-11-25)31-22(13-20)30-15-17-4-2-16(14-26)3-5-17/h2-9,12,20,22,26H,10-11,13-15H2,1H3/t20-,22+/m1/s1. The Bertz CT molecular complexity index is 963. The molecule has 0 aromatic heterocycles. The molecule has 7 heteroatoms. The largest absolute Gasteiger partial charge is 0.465 e. The second-order valence-electron chi connectivity index (χ2n) is 7.61. The molecule has 0 radical (unpaired) electrons. The minimum absolute atomic E-state index is 0.00388. The highest BCUT2D eigenvalue weighted by Crippen LogP contribution is 2.33. The van der Waals surface area contributed by atoms with Gasteiger partial charge in [-0.15, -0.1) is 0 Å². The number of aliphatic hydroxyl groups is 1. The van der Waals surface area contributed by atoms with Gasteiger partial charge in [0, 0.05) is 25.4 Å². The SMILES string of the molecule is COC(=O)c1ccc([C@@H]2C=C(C(=O)N3CC3)O[C@H](OCc3ccc(CO)cc3)C2)cc1. The Morgan fingerprint density at radius 3 is 2.35 bits per heavy atom. The number of aliphatic hydroxyl groups excluding tert-OH is 1. The Morgan fingerprint density at radius 2 is 1.74 bits per heavy atom. The van der Waals surface area contributed by atoms with E-state index >= 15 is 0 Å². The zero-order valence-electron chi connectivity index (χ0n) is 17.3. The zero-order chi connectivity index (χ0) is 21.8. The van der Waals surface area contributed by atoms with E-state index in [1.165, 1.54) is 7.11 Å². The molecule has 0 bridgehead atoms. The first-order chi connectivity index (χ1) is 15.1. The van der Waals surface area contributed by atoms with Crippen molar-refractivity contribution in [3.05, 3.63) is 82.6 Å². The van der Waals surface area contributed by atoms with Gasteiger partial charge in [0.15, 0.2) is 5.76 Å². The number of nitrogens with zero attached hydrogens (tertiary/aromatic N) is 1. The molecular formula is C24H25NO6. The summed E-state index contributed by atoms with van der Waals surface area (Å²) in [6.07, 6.45) is 1.80. The number of rotatable bonds is 7. The zero-order valence-corrected chi connectivity index (χ0v) is 17.3. The van der Waals surface area contributed by atoms with E-state index in [4.69, 9.17) is 14.2 Å². The molecule has 1 amide bonds. The smallest absolute Gasteiger partial charge is 0.337 e. The van der Waals surface area contributed by atoms with Gasteiger partial charge < -0.3 is 24.2 Å². The second kappa shape index (κ2) is 9.32. The first-order valence-electron chi connectivity index (χ1n) is 10.2. The predicted octanol–water partition coefficient (Wildman–Crippen LogP) is 2.74.